The van der Waals surface area contributed by atoms with Gasteiger partial charge in [0.1, 0.15) is 11.5 Å². The summed E-state index contributed by atoms with van der Waals surface area (Å²) in [5.41, 5.74) is 4.01. The molecule has 1 atom stereocenters. The monoisotopic (exact) mass is 499 g/mol. The number of ether oxygens (including phenoxy) is 2. The zero-order chi connectivity index (χ0) is 26.7. The van der Waals surface area contributed by atoms with E-state index in [-0.39, 0.29) is 23.7 Å². The maximum Gasteiger partial charge on any atom is 0.310 e. The summed E-state index contributed by atoms with van der Waals surface area (Å²) in [6, 6.07) is 18.6. The Morgan fingerprint density at radius 3 is 2.35 bits per heavy atom. The predicted octanol–water partition coefficient (Wildman–Crippen LogP) is 5.04. The number of hydrogen-bond acceptors (Lipinski definition) is 6. The zero-order valence-corrected chi connectivity index (χ0v) is 21.3. The van der Waals surface area contributed by atoms with Crippen LogP contribution in [-0.2, 0) is 25.5 Å². The van der Waals surface area contributed by atoms with Crippen LogP contribution >= 0.6 is 0 Å². The lowest BCUT2D eigenvalue weighted by Crippen LogP contribution is -2.29. The Morgan fingerprint density at radius 1 is 1.00 bits per heavy atom. The van der Waals surface area contributed by atoms with Gasteiger partial charge in [0.25, 0.3) is 11.7 Å². The maximum atomic E-state index is 13.4. The van der Waals surface area contributed by atoms with Gasteiger partial charge in [-0.25, -0.2) is 0 Å². The number of Topliss-reactive ketones (excluding diaryl/α,β-unsaturated/α-hetero) is 1. The van der Waals surface area contributed by atoms with E-state index in [4.69, 9.17) is 9.47 Å². The number of amides is 1. The molecule has 1 aliphatic rings. The van der Waals surface area contributed by atoms with Crippen molar-refractivity contribution in [1.29, 1.82) is 0 Å². The molecule has 7 heteroatoms. The summed E-state index contributed by atoms with van der Waals surface area (Å²) in [5.74, 6) is -1.48. The maximum absolute atomic E-state index is 13.4. The SMILES string of the molecule is CCOC(=O)Cc1ccc(N2C(=O)C(=O)/C(=C(\O)c3ccc(OC)cc3C)C2c2cccc(C)c2)cc1. The molecule has 0 saturated carbocycles. The van der Waals surface area contributed by atoms with Crippen LogP contribution in [0.1, 0.15) is 40.8 Å². The van der Waals surface area contributed by atoms with Gasteiger partial charge in [-0.1, -0.05) is 42.0 Å². The highest BCUT2D eigenvalue weighted by molar-refractivity contribution is 6.51. The average Bonchev–Trinajstić information content (AvgIpc) is 3.14. The Morgan fingerprint density at radius 2 is 1.73 bits per heavy atom. The minimum atomic E-state index is -0.836. The van der Waals surface area contributed by atoms with Gasteiger partial charge in [-0.05, 0) is 67.8 Å². The van der Waals surface area contributed by atoms with Crippen LogP contribution in [0.25, 0.3) is 5.76 Å². The average molecular weight is 500 g/mol. The van der Waals surface area contributed by atoms with Crippen LogP contribution in [0.4, 0.5) is 5.69 Å². The fourth-order valence-corrected chi connectivity index (χ4v) is 4.58. The minimum absolute atomic E-state index is 0.0134. The van der Waals surface area contributed by atoms with Crippen LogP contribution in [-0.4, -0.2) is 36.5 Å². The summed E-state index contributed by atoms with van der Waals surface area (Å²) < 4.78 is 10.3. The lowest BCUT2D eigenvalue weighted by Gasteiger charge is -2.26. The van der Waals surface area contributed by atoms with E-state index in [9.17, 15) is 19.5 Å². The standard InChI is InChI=1S/C30H29NO6/c1-5-37-25(32)17-20-9-11-22(12-10-20)31-27(21-8-6-7-18(2)15-21)26(29(34)30(31)35)28(33)24-14-13-23(36-4)16-19(24)3/h6-16,27,33H,5,17H2,1-4H3/b28-26-. The molecule has 1 fully saturated rings. The normalized spacial score (nSPS) is 16.6. The van der Waals surface area contributed by atoms with E-state index in [1.165, 1.54) is 4.90 Å². The largest absolute Gasteiger partial charge is 0.507 e. The van der Waals surface area contributed by atoms with E-state index in [1.807, 2.05) is 31.2 Å². The first-order valence-corrected chi connectivity index (χ1v) is 12.0. The molecule has 1 heterocycles. The van der Waals surface area contributed by atoms with Gasteiger partial charge in [-0.15, -0.1) is 0 Å². The summed E-state index contributed by atoms with van der Waals surface area (Å²) in [6.45, 7) is 5.77. The summed E-state index contributed by atoms with van der Waals surface area (Å²) >= 11 is 0. The number of nitrogens with zero attached hydrogens (tertiary/aromatic N) is 1. The lowest BCUT2D eigenvalue weighted by atomic mass is 9.93. The van der Waals surface area contributed by atoms with Crippen LogP contribution in [0.3, 0.4) is 0 Å². The van der Waals surface area contributed by atoms with Crippen LogP contribution in [0.15, 0.2) is 72.3 Å². The number of carbonyl (C=O) groups excluding carboxylic acids is 3. The molecule has 190 valence electrons. The topological polar surface area (TPSA) is 93.1 Å². The highest BCUT2D eigenvalue weighted by atomic mass is 16.5. The van der Waals surface area contributed by atoms with E-state index in [0.717, 1.165) is 11.1 Å². The van der Waals surface area contributed by atoms with Crippen LogP contribution in [0.5, 0.6) is 5.75 Å². The molecule has 0 spiro atoms. The third-order valence-electron chi connectivity index (χ3n) is 6.36. The number of carbonyl (C=O) groups is 3. The zero-order valence-electron chi connectivity index (χ0n) is 21.3. The van der Waals surface area contributed by atoms with E-state index in [0.29, 0.717) is 34.7 Å². The number of methoxy groups -OCH3 is 1. The highest BCUT2D eigenvalue weighted by Crippen LogP contribution is 2.43. The van der Waals surface area contributed by atoms with Crippen molar-refractivity contribution in [3.8, 4) is 5.75 Å². The Kier molecular flexibility index (Phi) is 7.43. The molecular weight excluding hydrogens is 470 g/mol. The summed E-state index contributed by atoms with van der Waals surface area (Å²) in [6.07, 6.45) is 0.102. The number of ketones is 1. The molecule has 0 bridgehead atoms. The van der Waals surface area contributed by atoms with Crippen molar-refractivity contribution in [1.82, 2.24) is 0 Å². The van der Waals surface area contributed by atoms with E-state index in [2.05, 4.69) is 0 Å². The smallest absolute Gasteiger partial charge is 0.310 e. The molecule has 7 nitrogen and oxygen atoms in total. The van der Waals surface area contributed by atoms with Crippen LogP contribution in [0.2, 0.25) is 0 Å². The molecule has 1 saturated heterocycles. The third-order valence-corrected chi connectivity index (χ3v) is 6.36. The minimum Gasteiger partial charge on any atom is -0.507 e. The molecule has 1 aliphatic heterocycles. The second-order valence-electron chi connectivity index (χ2n) is 8.91. The summed E-state index contributed by atoms with van der Waals surface area (Å²) in [7, 11) is 1.55. The summed E-state index contributed by atoms with van der Waals surface area (Å²) in [4.78, 5) is 40.1. The first kappa shape index (κ1) is 25.7. The van der Waals surface area contributed by atoms with Gasteiger partial charge < -0.3 is 14.6 Å². The van der Waals surface area contributed by atoms with Crippen molar-refractivity contribution < 1.29 is 29.0 Å². The molecule has 0 radical (unpaired) electrons. The van der Waals surface area contributed by atoms with E-state index in [1.54, 1.807) is 63.4 Å². The van der Waals surface area contributed by atoms with Gasteiger partial charge in [0, 0.05) is 11.3 Å². The number of rotatable bonds is 7. The molecule has 3 aromatic carbocycles. The number of aliphatic hydroxyl groups is 1. The molecular formula is C30H29NO6. The first-order valence-electron chi connectivity index (χ1n) is 12.0. The number of anilines is 1. The lowest BCUT2D eigenvalue weighted by molar-refractivity contribution is -0.142. The van der Waals surface area contributed by atoms with Gasteiger partial charge in [0.2, 0.25) is 0 Å². The van der Waals surface area contributed by atoms with Gasteiger partial charge in [0.15, 0.2) is 0 Å². The van der Waals surface area contributed by atoms with Gasteiger partial charge in [-0.2, -0.15) is 0 Å². The van der Waals surface area contributed by atoms with Crippen molar-refractivity contribution in [3.05, 3.63) is 100 Å². The predicted molar refractivity (Wildman–Crippen MR) is 140 cm³/mol. The Balaban J connectivity index is 1.83. The number of aliphatic hydroxyl groups excluding tert-OH is 1. The highest BCUT2D eigenvalue weighted by Gasteiger charge is 2.47. The van der Waals surface area contributed by atoms with Gasteiger partial charge >= 0.3 is 5.97 Å². The van der Waals surface area contributed by atoms with Gasteiger partial charge in [-0.3, -0.25) is 19.3 Å². The van der Waals surface area contributed by atoms with Crippen LogP contribution < -0.4 is 9.64 Å². The van der Waals surface area contributed by atoms with Gasteiger partial charge in [0.05, 0.1) is 31.8 Å². The second-order valence-corrected chi connectivity index (χ2v) is 8.91. The third kappa shape index (κ3) is 5.11. The van der Waals surface area contributed by atoms with Crippen molar-refractivity contribution in [2.45, 2.75) is 33.2 Å². The molecule has 1 N–H and O–H groups in total. The van der Waals surface area contributed by atoms with Crippen molar-refractivity contribution in [2.24, 2.45) is 0 Å². The molecule has 37 heavy (non-hydrogen) atoms. The Bertz CT molecular complexity index is 1390. The quantitative estimate of drug-likeness (QED) is 0.212. The van der Waals surface area contributed by atoms with Crippen LogP contribution in [0, 0.1) is 13.8 Å². The fraction of sp³-hybridized carbons (Fsp3) is 0.233. The second kappa shape index (κ2) is 10.7. The molecule has 1 amide bonds. The Hall–Kier alpha value is -4.39. The number of aryl methyl sites for hydroxylation is 2. The first-order chi connectivity index (χ1) is 17.7. The molecule has 0 aliphatic carbocycles. The van der Waals surface area contributed by atoms with Crippen molar-refractivity contribution in [2.75, 3.05) is 18.6 Å². The Labute approximate surface area is 215 Å². The number of esters is 1. The van der Waals surface area contributed by atoms with E-state index >= 15 is 0 Å². The van der Waals surface area contributed by atoms with E-state index < -0.39 is 17.7 Å². The molecule has 3 aromatic rings. The number of benzene rings is 3. The number of hydrogen-bond donors (Lipinski definition) is 1. The fourth-order valence-electron chi connectivity index (χ4n) is 4.58. The molecule has 4 rings (SSSR count). The molecule has 1 unspecified atom stereocenters. The van der Waals surface area contributed by atoms with Crippen molar-refractivity contribution >= 4 is 29.1 Å². The summed E-state index contributed by atoms with van der Waals surface area (Å²) in [5, 5.41) is 11.4. The molecule has 0 aromatic heterocycles. The van der Waals surface area contributed by atoms with Crippen molar-refractivity contribution in [3.63, 3.8) is 0 Å².